The molecule has 0 spiro atoms. The van der Waals surface area contributed by atoms with E-state index in [0.717, 1.165) is 6.54 Å². The predicted octanol–water partition coefficient (Wildman–Crippen LogP) is 3.71. The van der Waals surface area contributed by atoms with E-state index in [1.165, 1.54) is 36.8 Å². The Balaban J connectivity index is 2.09. The summed E-state index contributed by atoms with van der Waals surface area (Å²) in [5, 5.41) is 0. The number of hydrogen-bond acceptors (Lipinski definition) is 1. The molecule has 0 fully saturated rings. The Morgan fingerprint density at radius 2 is 1.81 bits per heavy atom. The molecule has 0 atom stereocenters. The van der Waals surface area contributed by atoms with Crippen LogP contribution in [0.4, 0.5) is 0 Å². The molecule has 16 heavy (non-hydrogen) atoms. The van der Waals surface area contributed by atoms with Crippen molar-refractivity contribution < 1.29 is 0 Å². The molecule has 0 N–H and O–H groups in total. The Labute approximate surface area is 98.8 Å². The van der Waals surface area contributed by atoms with Gasteiger partial charge in [-0.25, -0.2) is 0 Å². The first-order valence-corrected chi connectivity index (χ1v) is 6.19. The van der Waals surface area contributed by atoms with Gasteiger partial charge in [0.25, 0.3) is 0 Å². The molecule has 0 unspecified atom stereocenters. The summed E-state index contributed by atoms with van der Waals surface area (Å²) >= 11 is 0. The lowest BCUT2D eigenvalue weighted by atomic mass is 9.93. The van der Waals surface area contributed by atoms with E-state index < -0.39 is 0 Å². The number of allylic oxidation sites excluding steroid dienone is 2. The van der Waals surface area contributed by atoms with Gasteiger partial charge < -0.3 is 4.90 Å². The van der Waals surface area contributed by atoms with Crippen LogP contribution in [0, 0.1) is 0 Å². The van der Waals surface area contributed by atoms with Gasteiger partial charge in [-0.15, -0.1) is 0 Å². The second-order valence-corrected chi connectivity index (χ2v) is 4.91. The number of hydrogen-bond donors (Lipinski definition) is 0. The molecule has 1 aromatic rings. The largest absolute Gasteiger partial charge is 0.305 e. The summed E-state index contributed by atoms with van der Waals surface area (Å²) in [6.07, 6.45) is 7.64. The van der Waals surface area contributed by atoms with Crippen molar-refractivity contribution in [3.8, 4) is 0 Å². The van der Waals surface area contributed by atoms with Crippen LogP contribution in [0.1, 0.15) is 36.8 Å². The summed E-state index contributed by atoms with van der Waals surface area (Å²) in [4.78, 5) is 2.20. The van der Waals surface area contributed by atoms with Gasteiger partial charge >= 0.3 is 0 Å². The summed E-state index contributed by atoms with van der Waals surface area (Å²) < 4.78 is 0. The highest BCUT2D eigenvalue weighted by Gasteiger charge is 2.05. The lowest BCUT2D eigenvalue weighted by molar-refractivity contribution is 0.402. The molecule has 1 aliphatic carbocycles. The fourth-order valence-electron chi connectivity index (χ4n) is 2.29. The van der Waals surface area contributed by atoms with Crippen LogP contribution in [-0.4, -0.2) is 19.0 Å². The zero-order chi connectivity index (χ0) is 11.4. The lowest BCUT2D eigenvalue weighted by Crippen LogP contribution is -2.10. The second-order valence-electron chi connectivity index (χ2n) is 4.91. The fourth-order valence-corrected chi connectivity index (χ4v) is 2.29. The van der Waals surface area contributed by atoms with Crippen LogP contribution < -0.4 is 0 Å². The quantitative estimate of drug-likeness (QED) is 0.743. The molecule has 1 heteroatoms. The summed E-state index contributed by atoms with van der Waals surface area (Å²) in [6, 6.07) is 9.06. The van der Waals surface area contributed by atoms with Gasteiger partial charge in [0.15, 0.2) is 0 Å². The van der Waals surface area contributed by atoms with E-state index in [0.29, 0.717) is 0 Å². The molecular weight excluding hydrogens is 194 g/mol. The smallest absolute Gasteiger partial charge is 0.0227 e. The molecule has 0 bridgehead atoms. The Hall–Kier alpha value is -1.08. The molecule has 86 valence electrons. The average Bonchev–Trinajstić information content (AvgIpc) is 2.30. The minimum Gasteiger partial charge on any atom is -0.305 e. The third-order valence-electron chi connectivity index (χ3n) is 3.11. The normalized spacial score (nSPS) is 16.3. The van der Waals surface area contributed by atoms with E-state index in [1.807, 2.05) is 0 Å². The van der Waals surface area contributed by atoms with E-state index >= 15 is 0 Å². The Morgan fingerprint density at radius 1 is 1.06 bits per heavy atom. The van der Waals surface area contributed by atoms with Crippen molar-refractivity contribution in [2.75, 3.05) is 14.1 Å². The van der Waals surface area contributed by atoms with Crippen LogP contribution in [0.3, 0.4) is 0 Å². The third kappa shape index (κ3) is 2.96. The van der Waals surface area contributed by atoms with Crippen LogP contribution in [0.15, 0.2) is 30.3 Å². The first kappa shape index (κ1) is 11.4. The van der Waals surface area contributed by atoms with Gasteiger partial charge in [0.05, 0.1) is 0 Å². The number of nitrogens with zero attached hydrogens (tertiary/aromatic N) is 1. The van der Waals surface area contributed by atoms with Crippen molar-refractivity contribution >= 4 is 5.57 Å². The summed E-state index contributed by atoms with van der Waals surface area (Å²) in [5.74, 6) is 0. The molecule has 0 aromatic heterocycles. The first-order valence-electron chi connectivity index (χ1n) is 6.19. The molecule has 0 heterocycles. The van der Waals surface area contributed by atoms with Crippen molar-refractivity contribution in [3.63, 3.8) is 0 Å². The van der Waals surface area contributed by atoms with Gasteiger partial charge in [-0.2, -0.15) is 0 Å². The van der Waals surface area contributed by atoms with Crippen LogP contribution in [0.2, 0.25) is 0 Å². The predicted molar refractivity (Wildman–Crippen MR) is 70.3 cm³/mol. The monoisotopic (exact) mass is 215 g/mol. The summed E-state index contributed by atoms with van der Waals surface area (Å²) in [7, 11) is 4.22. The van der Waals surface area contributed by atoms with E-state index in [1.54, 1.807) is 5.57 Å². The maximum absolute atomic E-state index is 2.41. The maximum Gasteiger partial charge on any atom is 0.0227 e. The molecule has 2 rings (SSSR count). The zero-order valence-corrected chi connectivity index (χ0v) is 10.4. The molecule has 0 aliphatic heterocycles. The Kier molecular flexibility index (Phi) is 3.79. The molecule has 0 saturated heterocycles. The highest BCUT2D eigenvalue weighted by Crippen LogP contribution is 2.26. The fraction of sp³-hybridized carbons (Fsp3) is 0.467. The van der Waals surface area contributed by atoms with Gasteiger partial charge in [0.2, 0.25) is 0 Å². The van der Waals surface area contributed by atoms with Crippen molar-refractivity contribution in [2.24, 2.45) is 0 Å². The van der Waals surface area contributed by atoms with Gasteiger partial charge in [0.1, 0.15) is 0 Å². The standard InChI is InChI=1S/C15H21N/c1-16(2)12-13-8-10-15(11-9-13)14-6-4-3-5-7-14/h6,8-11H,3-5,7,12H2,1-2H3. The summed E-state index contributed by atoms with van der Waals surface area (Å²) in [6.45, 7) is 1.03. The van der Waals surface area contributed by atoms with Crippen molar-refractivity contribution in [3.05, 3.63) is 41.5 Å². The van der Waals surface area contributed by atoms with Crippen molar-refractivity contribution in [2.45, 2.75) is 32.2 Å². The van der Waals surface area contributed by atoms with Crippen LogP contribution >= 0.6 is 0 Å². The Morgan fingerprint density at radius 3 is 2.38 bits per heavy atom. The van der Waals surface area contributed by atoms with Gasteiger partial charge in [-0.3, -0.25) is 0 Å². The van der Waals surface area contributed by atoms with Gasteiger partial charge in [0, 0.05) is 6.54 Å². The minimum absolute atomic E-state index is 1.03. The Bertz CT molecular complexity index is 360. The first-order chi connectivity index (χ1) is 7.75. The highest BCUT2D eigenvalue weighted by atomic mass is 15.0. The van der Waals surface area contributed by atoms with Crippen molar-refractivity contribution in [1.29, 1.82) is 0 Å². The number of benzene rings is 1. The SMILES string of the molecule is CN(C)Cc1ccc(C2=CCCCC2)cc1. The topological polar surface area (TPSA) is 3.24 Å². The van der Waals surface area contributed by atoms with Crippen LogP contribution in [0.25, 0.3) is 5.57 Å². The van der Waals surface area contributed by atoms with Crippen LogP contribution in [0.5, 0.6) is 0 Å². The van der Waals surface area contributed by atoms with E-state index in [-0.39, 0.29) is 0 Å². The molecule has 0 amide bonds. The van der Waals surface area contributed by atoms with Gasteiger partial charge in [-0.1, -0.05) is 30.3 Å². The maximum atomic E-state index is 2.41. The molecule has 0 saturated carbocycles. The van der Waals surface area contributed by atoms with Gasteiger partial charge in [-0.05, 0) is 56.5 Å². The van der Waals surface area contributed by atoms with Crippen LogP contribution in [-0.2, 0) is 6.54 Å². The number of rotatable bonds is 3. The van der Waals surface area contributed by atoms with E-state index in [4.69, 9.17) is 0 Å². The molecule has 0 radical (unpaired) electrons. The molecular formula is C15H21N. The minimum atomic E-state index is 1.03. The lowest BCUT2D eigenvalue weighted by Gasteiger charge is -2.14. The van der Waals surface area contributed by atoms with E-state index in [9.17, 15) is 0 Å². The second kappa shape index (κ2) is 5.31. The average molecular weight is 215 g/mol. The van der Waals surface area contributed by atoms with E-state index in [2.05, 4.69) is 49.3 Å². The molecule has 1 nitrogen and oxygen atoms in total. The highest BCUT2D eigenvalue weighted by molar-refractivity contribution is 5.66. The zero-order valence-electron chi connectivity index (χ0n) is 10.4. The molecule has 1 aromatic carbocycles. The molecule has 1 aliphatic rings. The summed E-state index contributed by atoms with van der Waals surface area (Å²) in [5.41, 5.74) is 4.36. The third-order valence-corrected chi connectivity index (χ3v) is 3.11. The van der Waals surface area contributed by atoms with Crippen molar-refractivity contribution in [1.82, 2.24) is 4.90 Å².